The average molecular weight is 370 g/mol. The van der Waals surface area contributed by atoms with Crippen LogP contribution in [-0.4, -0.2) is 10.9 Å². The summed E-state index contributed by atoms with van der Waals surface area (Å²) in [7, 11) is 0. The van der Waals surface area contributed by atoms with Gasteiger partial charge < -0.3 is 5.32 Å². The third kappa shape index (κ3) is 3.17. The Labute approximate surface area is 122 Å². The fraction of sp³-hybridized carbons (Fsp3) is 0.0769. The van der Waals surface area contributed by atoms with E-state index in [4.69, 9.17) is 0 Å². The molecular weight excluding hydrogens is 360 g/mol. The minimum absolute atomic E-state index is 0.167. The van der Waals surface area contributed by atoms with E-state index < -0.39 is 0 Å². The van der Waals surface area contributed by atoms with Crippen molar-refractivity contribution in [3.05, 3.63) is 56.6 Å². The van der Waals surface area contributed by atoms with Crippen molar-refractivity contribution in [2.75, 3.05) is 5.32 Å². The van der Waals surface area contributed by atoms with Crippen LogP contribution < -0.4 is 5.32 Å². The number of rotatable bonds is 2. The third-order valence-electron chi connectivity index (χ3n) is 2.41. The van der Waals surface area contributed by atoms with Crippen LogP contribution in [0.15, 0.2) is 45.5 Å². The first-order valence-electron chi connectivity index (χ1n) is 5.25. The van der Waals surface area contributed by atoms with Crippen molar-refractivity contribution in [2.45, 2.75) is 6.92 Å². The van der Waals surface area contributed by atoms with Crippen LogP contribution in [0, 0.1) is 6.92 Å². The van der Waals surface area contributed by atoms with Crippen LogP contribution in [0.5, 0.6) is 0 Å². The molecule has 0 fully saturated rings. The monoisotopic (exact) mass is 368 g/mol. The first-order chi connectivity index (χ1) is 8.56. The molecule has 18 heavy (non-hydrogen) atoms. The van der Waals surface area contributed by atoms with Crippen LogP contribution in [-0.2, 0) is 0 Å². The highest BCUT2D eigenvalue weighted by Crippen LogP contribution is 2.18. The zero-order chi connectivity index (χ0) is 13.1. The van der Waals surface area contributed by atoms with Gasteiger partial charge in [-0.2, -0.15) is 0 Å². The van der Waals surface area contributed by atoms with Crippen molar-refractivity contribution in [3.63, 3.8) is 0 Å². The largest absolute Gasteiger partial charge is 0.307 e. The summed E-state index contributed by atoms with van der Waals surface area (Å²) in [6, 6.07) is 9.16. The Morgan fingerprint density at radius 1 is 1.17 bits per heavy atom. The SMILES string of the molecule is Cc1ccc(Br)cc1C(=O)Nc1cc(Br)ccn1. The lowest BCUT2D eigenvalue weighted by molar-refractivity contribution is 0.102. The number of hydrogen-bond acceptors (Lipinski definition) is 2. The normalized spacial score (nSPS) is 10.2. The average Bonchev–Trinajstić information content (AvgIpc) is 2.32. The molecule has 1 N–H and O–H groups in total. The predicted molar refractivity (Wildman–Crippen MR) is 78.8 cm³/mol. The number of pyridine rings is 1. The number of carbonyl (C=O) groups is 1. The molecule has 0 atom stereocenters. The molecule has 0 bridgehead atoms. The van der Waals surface area contributed by atoms with Crippen LogP contribution >= 0.6 is 31.9 Å². The molecule has 0 saturated carbocycles. The number of benzene rings is 1. The Balaban J connectivity index is 2.24. The van der Waals surface area contributed by atoms with E-state index in [9.17, 15) is 4.79 Å². The maximum Gasteiger partial charge on any atom is 0.257 e. The van der Waals surface area contributed by atoms with Gasteiger partial charge in [-0.1, -0.05) is 37.9 Å². The first kappa shape index (κ1) is 13.2. The molecule has 0 spiro atoms. The quantitative estimate of drug-likeness (QED) is 0.863. The molecular formula is C13H10Br2N2O. The second-order valence-electron chi connectivity index (χ2n) is 3.77. The number of halogens is 2. The van der Waals surface area contributed by atoms with Crippen LogP contribution in [0.3, 0.4) is 0 Å². The molecule has 0 aliphatic heterocycles. The fourth-order valence-electron chi connectivity index (χ4n) is 1.50. The highest BCUT2D eigenvalue weighted by Gasteiger charge is 2.10. The molecule has 92 valence electrons. The van der Waals surface area contributed by atoms with Gasteiger partial charge in [0.15, 0.2) is 0 Å². The summed E-state index contributed by atoms with van der Waals surface area (Å²) in [6.45, 7) is 1.90. The first-order valence-corrected chi connectivity index (χ1v) is 6.84. The molecule has 2 rings (SSSR count). The van der Waals surface area contributed by atoms with E-state index in [1.807, 2.05) is 19.1 Å². The van der Waals surface area contributed by atoms with Crippen molar-refractivity contribution in [3.8, 4) is 0 Å². The van der Waals surface area contributed by atoms with Crippen molar-refractivity contribution >= 4 is 43.6 Å². The topological polar surface area (TPSA) is 42.0 Å². The maximum atomic E-state index is 12.1. The highest BCUT2D eigenvalue weighted by atomic mass is 79.9. The summed E-state index contributed by atoms with van der Waals surface area (Å²) >= 11 is 6.69. The zero-order valence-corrected chi connectivity index (χ0v) is 12.7. The molecule has 1 amide bonds. The molecule has 0 unspecified atom stereocenters. The summed E-state index contributed by atoms with van der Waals surface area (Å²) < 4.78 is 1.75. The molecule has 5 heteroatoms. The van der Waals surface area contributed by atoms with Crippen LogP contribution in [0.2, 0.25) is 0 Å². The van der Waals surface area contributed by atoms with Gasteiger partial charge in [0.1, 0.15) is 5.82 Å². The van der Waals surface area contributed by atoms with Crippen molar-refractivity contribution in [1.82, 2.24) is 4.98 Å². The lowest BCUT2D eigenvalue weighted by atomic mass is 10.1. The number of carbonyl (C=O) groups excluding carboxylic acids is 1. The van der Waals surface area contributed by atoms with E-state index in [1.54, 1.807) is 24.4 Å². The fourth-order valence-corrected chi connectivity index (χ4v) is 2.19. The molecule has 3 nitrogen and oxygen atoms in total. The molecule has 1 aromatic carbocycles. The lowest BCUT2D eigenvalue weighted by Gasteiger charge is -2.07. The van der Waals surface area contributed by atoms with Crippen molar-refractivity contribution in [2.24, 2.45) is 0 Å². The molecule has 1 aromatic heterocycles. The van der Waals surface area contributed by atoms with Crippen molar-refractivity contribution < 1.29 is 4.79 Å². The molecule has 0 saturated heterocycles. The summed E-state index contributed by atoms with van der Waals surface area (Å²) in [4.78, 5) is 16.2. The number of anilines is 1. The van der Waals surface area contributed by atoms with Gasteiger partial charge in [-0.25, -0.2) is 4.98 Å². The van der Waals surface area contributed by atoms with Gasteiger partial charge in [-0.05, 0) is 36.8 Å². The number of amides is 1. The van der Waals surface area contributed by atoms with Gasteiger partial charge in [-0.3, -0.25) is 4.79 Å². The van der Waals surface area contributed by atoms with E-state index in [2.05, 4.69) is 42.2 Å². The maximum absolute atomic E-state index is 12.1. The lowest BCUT2D eigenvalue weighted by Crippen LogP contribution is -2.14. The number of hydrogen-bond donors (Lipinski definition) is 1. The van der Waals surface area contributed by atoms with Crippen LogP contribution in [0.1, 0.15) is 15.9 Å². The van der Waals surface area contributed by atoms with E-state index in [0.29, 0.717) is 11.4 Å². The molecule has 1 heterocycles. The zero-order valence-electron chi connectivity index (χ0n) is 9.58. The summed E-state index contributed by atoms with van der Waals surface area (Å²) in [6.07, 6.45) is 1.63. The highest BCUT2D eigenvalue weighted by molar-refractivity contribution is 9.10. The minimum Gasteiger partial charge on any atom is -0.307 e. The van der Waals surface area contributed by atoms with Gasteiger partial charge in [0.25, 0.3) is 5.91 Å². The van der Waals surface area contributed by atoms with Gasteiger partial charge in [0.2, 0.25) is 0 Å². The number of aryl methyl sites for hydroxylation is 1. The second kappa shape index (κ2) is 5.63. The Morgan fingerprint density at radius 2 is 1.89 bits per heavy atom. The summed E-state index contributed by atoms with van der Waals surface area (Å²) in [5, 5.41) is 2.77. The third-order valence-corrected chi connectivity index (χ3v) is 3.39. The standard InChI is InChI=1S/C13H10Br2N2O/c1-8-2-3-9(14)6-11(8)13(18)17-12-7-10(15)4-5-16-12/h2-7H,1H3,(H,16,17,18). The van der Waals surface area contributed by atoms with Crippen LogP contribution in [0.25, 0.3) is 0 Å². The second-order valence-corrected chi connectivity index (χ2v) is 5.60. The predicted octanol–water partition coefficient (Wildman–Crippen LogP) is 4.17. The Morgan fingerprint density at radius 3 is 2.61 bits per heavy atom. The van der Waals surface area contributed by atoms with Gasteiger partial charge >= 0.3 is 0 Å². The number of aromatic nitrogens is 1. The number of nitrogens with zero attached hydrogens (tertiary/aromatic N) is 1. The van der Waals surface area contributed by atoms with E-state index in [-0.39, 0.29) is 5.91 Å². The molecule has 0 radical (unpaired) electrons. The molecule has 0 aliphatic rings. The van der Waals surface area contributed by atoms with Crippen LogP contribution in [0.4, 0.5) is 5.82 Å². The molecule has 2 aromatic rings. The van der Waals surface area contributed by atoms with E-state index in [1.165, 1.54) is 0 Å². The Hall–Kier alpha value is -1.20. The summed E-state index contributed by atoms with van der Waals surface area (Å²) in [5.41, 5.74) is 1.55. The summed E-state index contributed by atoms with van der Waals surface area (Å²) in [5.74, 6) is 0.355. The van der Waals surface area contributed by atoms with Gasteiger partial charge in [0.05, 0.1) is 0 Å². The van der Waals surface area contributed by atoms with E-state index in [0.717, 1.165) is 14.5 Å². The Bertz CT molecular complexity index is 599. The van der Waals surface area contributed by atoms with Gasteiger partial charge in [0, 0.05) is 20.7 Å². The van der Waals surface area contributed by atoms with E-state index >= 15 is 0 Å². The van der Waals surface area contributed by atoms with Gasteiger partial charge in [-0.15, -0.1) is 0 Å². The Kier molecular flexibility index (Phi) is 4.14. The van der Waals surface area contributed by atoms with Crippen molar-refractivity contribution in [1.29, 1.82) is 0 Å². The number of nitrogens with one attached hydrogen (secondary N) is 1. The minimum atomic E-state index is -0.167. The molecule has 0 aliphatic carbocycles. The smallest absolute Gasteiger partial charge is 0.257 e.